The van der Waals surface area contributed by atoms with Crippen LogP contribution in [0.5, 0.6) is 5.75 Å². The second-order valence-electron chi connectivity index (χ2n) is 7.86. The van der Waals surface area contributed by atoms with Gasteiger partial charge in [0.25, 0.3) is 5.91 Å². The monoisotopic (exact) mass is 385 g/mol. The lowest BCUT2D eigenvalue weighted by molar-refractivity contribution is -0.139. The van der Waals surface area contributed by atoms with Gasteiger partial charge in [-0.05, 0) is 50.3 Å². The van der Waals surface area contributed by atoms with Crippen molar-refractivity contribution in [2.24, 2.45) is 0 Å². The minimum Gasteiger partial charge on any atom is -0.494 e. The molecular formula is C21H27N3O4. The number of urea groups is 1. The minimum absolute atomic E-state index is 0.0237. The van der Waals surface area contributed by atoms with Crippen LogP contribution in [0.1, 0.15) is 57.1 Å². The zero-order valence-corrected chi connectivity index (χ0v) is 16.3. The average molecular weight is 385 g/mol. The summed E-state index contributed by atoms with van der Waals surface area (Å²) in [6.45, 7) is 3.02. The zero-order valence-electron chi connectivity index (χ0n) is 16.3. The van der Waals surface area contributed by atoms with Crippen LogP contribution < -0.4 is 10.1 Å². The molecule has 7 nitrogen and oxygen atoms in total. The lowest BCUT2D eigenvalue weighted by atomic mass is 9.98. The molecule has 0 unspecified atom stereocenters. The first-order chi connectivity index (χ1) is 13.5. The maximum Gasteiger partial charge on any atom is 0.325 e. The highest BCUT2D eigenvalue weighted by Gasteiger charge is 2.53. The Morgan fingerprint density at radius 1 is 1.18 bits per heavy atom. The van der Waals surface area contributed by atoms with E-state index in [0.717, 1.165) is 41.9 Å². The standard InChI is InChI=1S/C21H27N3O4/c1-2-28-16-9-7-15(8-10-16)17-6-5-13-23(17)18(25)14-24-19(26)21(22-20(24)27)11-3-4-12-21/h7-10,17H,2-6,11-14H2,1H3,(H,22,27)/t17-/m0/s1. The van der Waals surface area contributed by atoms with Gasteiger partial charge in [-0.1, -0.05) is 25.0 Å². The lowest BCUT2D eigenvalue weighted by Gasteiger charge is -2.27. The Balaban J connectivity index is 1.45. The first kappa shape index (κ1) is 18.8. The molecule has 0 bridgehead atoms. The molecule has 1 spiro atoms. The fourth-order valence-electron chi connectivity index (χ4n) is 4.73. The third-order valence-corrected chi connectivity index (χ3v) is 6.15. The van der Waals surface area contributed by atoms with E-state index in [-0.39, 0.29) is 24.4 Å². The lowest BCUT2D eigenvalue weighted by Crippen LogP contribution is -2.46. The van der Waals surface area contributed by atoms with Crippen molar-refractivity contribution in [1.82, 2.24) is 15.1 Å². The van der Waals surface area contributed by atoms with E-state index < -0.39 is 11.6 Å². The highest BCUT2D eigenvalue weighted by Crippen LogP contribution is 2.36. The summed E-state index contributed by atoms with van der Waals surface area (Å²) in [7, 11) is 0. The van der Waals surface area contributed by atoms with Crippen LogP contribution in [0.4, 0.5) is 4.79 Å². The molecule has 2 aliphatic heterocycles. The summed E-state index contributed by atoms with van der Waals surface area (Å²) < 4.78 is 5.49. The molecule has 1 aromatic rings. The molecular weight excluding hydrogens is 358 g/mol. The van der Waals surface area contributed by atoms with Gasteiger partial charge >= 0.3 is 6.03 Å². The van der Waals surface area contributed by atoms with Crippen LogP contribution in [0, 0.1) is 0 Å². The van der Waals surface area contributed by atoms with Crippen LogP contribution in [-0.2, 0) is 9.59 Å². The van der Waals surface area contributed by atoms with Crippen molar-refractivity contribution in [2.45, 2.75) is 57.0 Å². The number of imide groups is 1. The summed E-state index contributed by atoms with van der Waals surface area (Å²) in [4.78, 5) is 41.0. The van der Waals surface area contributed by atoms with E-state index in [1.165, 1.54) is 0 Å². The summed E-state index contributed by atoms with van der Waals surface area (Å²) in [5.74, 6) is 0.401. The number of amides is 4. The molecule has 1 atom stereocenters. The molecule has 28 heavy (non-hydrogen) atoms. The molecule has 7 heteroatoms. The molecule has 1 aromatic carbocycles. The van der Waals surface area contributed by atoms with Gasteiger partial charge in [-0.2, -0.15) is 0 Å². The second-order valence-corrected chi connectivity index (χ2v) is 7.86. The summed E-state index contributed by atoms with van der Waals surface area (Å²) in [5.41, 5.74) is 0.287. The Hall–Kier alpha value is -2.57. The Bertz CT molecular complexity index is 770. The van der Waals surface area contributed by atoms with Gasteiger partial charge in [-0.15, -0.1) is 0 Å². The first-order valence-corrected chi connectivity index (χ1v) is 10.2. The number of carbonyl (C=O) groups is 3. The summed E-state index contributed by atoms with van der Waals surface area (Å²) in [6, 6.07) is 7.36. The molecule has 1 aliphatic carbocycles. The summed E-state index contributed by atoms with van der Waals surface area (Å²) >= 11 is 0. The van der Waals surface area contributed by atoms with Gasteiger partial charge in [0.1, 0.15) is 17.8 Å². The fourth-order valence-corrected chi connectivity index (χ4v) is 4.73. The van der Waals surface area contributed by atoms with Gasteiger partial charge in [-0.3, -0.25) is 14.5 Å². The van der Waals surface area contributed by atoms with Crippen molar-refractivity contribution in [2.75, 3.05) is 19.7 Å². The molecule has 150 valence electrons. The Labute approximate surface area is 165 Å². The molecule has 4 rings (SSSR count). The van der Waals surface area contributed by atoms with Crippen LogP contribution in [0.3, 0.4) is 0 Å². The molecule has 1 N–H and O–H groups in total. The minimum atomic E-state index is -0.767. The molecule has 4 amide bonds. The Morgan fingerprint density at radius 3 is 2.57 bits per heavy atom. The van der Waals surface area contributed by atoms with Crippen molar-refractivity contribution in [1.29, 1.82) is 0 Å². The summed E-state index contributed by atoms with van der Waals surface area (Å²) in [5, 5.41) is 2.84. The van der Waals surface area contributed by atoms with Crippen molar-refractivity contribution >= 4 is 17.8 Å². The quantitative estimate of drug-likeness (QED) is 0.791. The molecule has 3 aliphatic rings. The predicted molar refractivity (Wildman–Crippen MR) is 103 cm³/mol. The number of ether oxygens (including phenoxy) is 1. The Morgan fingerprint density at radius 2 is 1.89 bits per heavy atom. The van der Waals surface area contributed by atoms with Crippen LogP contribution in [0.25, 0.3) is 0 Å². The normalized spacial score (nSPS) is 23.5. The van der Waals surface area contributed by atoms with Gasteiger partial charge in [-0.25, -0.2) is 4.79 Å². The molecule has 1 saturated carbocycles. The highest BCUT2D eigenvalue weighted by atomic mass is 16.5. The smallest absolute Gasteiger partial charge is 0.325 e. The molecule has 2 heterocycles. The molecule has 2 saturated heterocycles. The first-order valence-electron chi connectivity index (χ1n) is 10.2. The summed E-state index contributed by atoms with van der Waals surface area (Å²) in [6.07, 6.45) is 4.98. The van der Waals surface area contributed by atoms with E-state index in [1.54, 1.807) is 4.90 Å². The third kappa shape index (κ3) is 3.23. The number of hydrogen-bond acceptors (Lipinski definition) is 4. The van der Waals surface area contributed by atoms with Crippen molar-refractivity contribution in [3.63, 3.8) is 0 Å². The van der Waals surface area contributed by atoms with Gasteiger partial charge < -0.3 is 15.0 Å². The topological polar surface area (TPSA) is 79.0 Å². The van der Waals surface area contributed by atoms with Gasteiger partial charge in [0.15, 0.2) is 0 Å². The predicted octanol–water partition coefficient (Wildman–Crippen LogP) is 2.61. The van der Waals surface area contributed by atoms with Crippen molar-refractivity contribution < 1.29 is 19.1 Å². The fraction of sp³-hybridized carbons (Fsp3) is 0.571. The van der Waals surface area contributed by atoms with Crippen molar-refractivity contribution in [3.8, 4) is 5.75 Å². The number of carbonyl (C=O) groups excluding carboxylic acids is 3. The van der Waals surface area contributed by atoms with E-state index in [2.05, 4.69) is 5.32 Å². The van der Waals surface area contributed by atoms with Gasteiger partial charge in [0.2, 0.25) is 5.91 Å². The van der Waals surface area contributed by atoms with Crippen LogP contribution in [-0.4, -0.2) is 52.9 Å². The number of nitrogens with zero attached hydrogens (tertiary/aromatic N) is 2. The average Bonchev–Trinajstić information content (AvgIpc) is 3.40. The van der Waals surface area contributed by atoms with Crippen LogP contribution >= 0.6 is 0 Å². The van der Waals surface area contributed by atoms with E-state index in [1.807, 2.05) is 31.2 Å². The van der Waals surface area contributed by atoms with Crippen LogP contribution in [0.15, 0.2) is 24.3 Å². The van der Waals surface area contributed by atoms with E-state index >= 15 is 0 Å². The number of benzene rings is 1. The van der Waals surface area contributed by atoms with Crippen LogP contribution in [0.2, 0.25) is 0 Å². The van der Waals surface area contributed by atoms with E-state index in [9.17, 15) is 14.4 Å². The van der Waals surface area contributed by atoms with Gasteiger partial charge in [0.05, 0.1) is 12.6 Å². The SMILES string of the molecule is CCOc1ccc([C@@H]2CCCN2C(=O)CN2C(=O)NC3(CCCC3)C2=O)cc1. The number of likely N-dealkylation sites (tertiary alicyclic amines) is 1. The van der Waals surface area contributed by atoms with Crippen molar-refractivity contribution in [3.05, 3.63) is 29.8 Å². The molecule has 0 radical (unpaired) electrons. The maximum absolute atomic E-state index is 13.0. The molecule has 0 aromatic heterocycles. The number of hydrogen-bond donors (Lipinski definition) is 1. The van der Waals surface area contributed by atoms with Gasteiger partial charge in [0, 0.05) is 6.54 Å². The third-order valence-electron chi connectivity index (χ3n) is 6.15. The largest absolute Gasteiger partial charge is 0.494 e. The Kier molecular flexibility index (Phi) is 5.00. The van der Waals surface area contributed by atoms with E-state index in [0.29, 0.717) is 26.0 Å². The number of nitrogens with one attached hydrogen (secondary N) is 1. The zero-order chi connectivity index (χ0) is 19.7. The highest BCUT2D eigenvalue weighted by molar-refractivity contribution is 6.09. The second kappa shape index (κ2) is 7.45. The van der Waals surface area contributed by atoms with E-state index in [4.69, 9.17) is 4.74 Å². The maximum atomic E-state index is 13.0. The number of rotatable bonds is 5. The molecule has 3 fully saturated rings.